The molecule has 2 aromatic rings. The first-order valence-corrected chi connectivity index (χ1v) is 16.7. The maximum atomic E-state index is 14.4. The molecular weight excluding hydrogens is 570 g/mol. The molecule has 2 rings (SSSR count). The topological polar surface area (TPSA) is 87.7 Å². The fourth-order valence-electron chi connectivity index (χ4n) is 4.66. The first-order valence-electron chi connectivity index (χ1n) is 14.9. The highest BCUT2D eigenvalue weighted by atomic mass is 35.5. The second-order valence-corrected chi connectivity index (χ2v) is 12.9. The largest absolute Gasteiger partial charge is 0.444 e. The van der Waals surface area contributed by atoms with E-state index in [4.69, 9.17) is 16.3 Å². The van der Waals surface area contributed by atoms with Gasteiger partial charge in [0.2, 0.25) is 5.91 Å². The van der Waals surface area contributed by atoms with Crippen molar-refractivity contribution in [1.82, 2.24) is 10.2 Å². The standard InChI is InChI=1S/C33H48ClN3O4S/c1-7-8-9-10-11-15-22-37(31(39)27(21-23-42-6)35-32(40)41-33(3,4)5)29(25-18-13-12-14-19-25)30(38)36-28-24(2)17-16-20-26(28)34/h12-14,16-20,27,29H,7-11,15,21-23H2,1-6H3,(H,35,40)(H,36,38). The highest BCUT2D eigenvalue weighted by Gasteiger charge is 2.36. The van der Waals surface area contributed by atoms with Crippen LogP contribution in [0.15, 0.2) is 48.5 Å². The van der Waals surface area contributed by atoms with Gasteiger partial charge in [0.05, 0.1) is 10.7 Å². The van der Waals surface area contributed by atoms with Gasteiger partial charge in [-0.2, -0.15) is 11.8 Å². The lowest BCUT2D eigenvalue weighted by Gasteiger charge is -2.35. The van der Waals surface area contributed by atoms with Crippen LogP contribution in [-0.2, 0) is 14.3 Å². The van der Waals surface area contributed by atoms with Gasteiger partial charge < -0.3 is 20.3 Å². The number of hydrogen-bond donors (Lipinski definition) is 2. The number of thioether (sulfide) groups is 1. The molecule has 0 aliphatic heterocycles. The predicted molar refractivity (Wildman–Crippen MR) is 175 cm³/mol. The van der Waals surface area contributed by atoms with Gasteiger partial charge in [0.1, 0.15) is 17.7 Å². The summed E-state index contributed by atoms with van der Waals surface area (Å²) in [5.74, 6) is -0.0288. The molecule has 9 heteroatoms. The molecule has 0 saturated heterocycles. The van der Waals surface area contributed by atoms with E-state index < -0.39 is 23.8 Å². The molecule has 0 aliphatic carbocycles. The Morgan fingerprint density at radius 1 is 0.976 bits per heavy atom. The van der Waals surface area contributed by atoms with E-state index in [9.17, 15) is 14.4 Å². The van der Waals surface area contributed by atoms with Crippen LogP contribution in [0, 0.1) is 6.92 Å². The summed E-state index contributed by atoms with van der Waals surface area (Å²) < 4.78 is 5.49. The van der Waals surface area contributed by atoms with E-state index in [0.717, 1.165) is 37.7 Å². The van der Waals surface area contributed by atoms with E-state index in [2.05, 4.69) is 17.6 Å². The second-order valence-electron chi connectivity index (χ2n) is 11.5. The number of hydrogen-bond acceptors (Lipinski definition) is 5. The van der Waals surface area contributed by atoms with E-state index in [1.54, 1.807) is 43.5 Å². The van der Waals surface area contributed by atoms with Crippen LogP contribution in [0.5, 0.6) is 0 Å². The van der Waals surface area contributed by atoms with Crippen molar-refractivity contribution in [2.75, 3.05) is 23.9 Å². The molecule has 0 saturated carbocycles. The summed E-state index contributed by atoms with van der Waals surface area (Å²) >= 11 is 8.06. The minimum absolute atomic E-state index is 0.316. The van der Waals surface area contributed by atoms with Gasteiger partial charge in [0.15, 0.2) is 0 Å². The molecule has 7 nitrogen and oxygen atoms in total. The summed E-state index contributed by atoms with van der Waals surface area (Å²) in [5.41, 5.74) is 1.30. The third-order valence-electron chi connectivity index (χ3n) is 6.78. The minimum Gasteiger partial charge on any atom is -0.444 e. The summed E-state index contributed by atoms with van der Waals surface area (Å²) in [5, 5.41) is 6.23. The zero-order chi connectivity index (χ0) is 31.1. The van der Waals surface area contributed by atoms with Crippen LogP contribution in [0.3, 0.4) is 0 Å². The van der Waals surface area contributed by atoms with Crippen molar-refractivity contribution >= 4 is 47.0 Å². The van der Waals surface area contributed by atoms with Crippen molar-refractivity contribution < 1.29 is 19.1 Å². The van der Waals surface area contributed by atoms with Gasteiger partial charge in [-0.1, -0.05) is 93.1 Å². The molecule has 42 heavy (non-hydrogen) atoms. The van der Waals surface area contributed by atoms with Crippen LogP contribution in [0.4, 0.5) is 10.5 Å². The number of carbonyl (C=O) groups is 3. The van der Waals surface area contributed by atoms with Crippen LogP contribution in [0.25, 0.3) is 0 Å². The van der Waals surface area contributed by atoms with E-state index in [1.165, 1.54) is 6.42 Å². The van der Waals surface area contributed by atoms with Crippen molar-refractivity contribution in [3.05, 3.63) is 64.7 Å². The van der Waals surface area contributed by atoms with Gasteiger partial charge in [-0.3, -0.25) is 9.59 Å². The Labute approximate surface area is 261 Å². The molecule has 3 amide bonds. The second kappa shape index (κ2) is 18.1. The predicted octanol–water partition coefficient (Wildman–Crippen LogP) is 8.16. The molecule has 2 unspecified atom stereocenters. The van der Waals surface area contributed by atoms with Crippen molar-refractivity contribution in [3.63, 3.8) is 0 Å². The molecule has 0 heterocycles. The number of amides is 3. The van der Waals surface area contributed by atoms with Crippen molar-refractivity contribution in [1.29, 1.82) is 0 Å². The Balaban J connectivity index is 2.49. The zero-order valence-electron chi connectivity index (χ0n) is 26.0. The third kappa shape index (κ3) is 11.9. The number of carbonyl (C=O) groups excluding carboxylic acids is 3. The van der Waals surface area contributed by atoms with Crippen LogP contribution in [0.1, 0.15) is 89.8 Å². The lowest BCUT2D eigenvalue weighted by Crippen LogP contribution is -2.52. The van der Waals surface area contributed by atoms with Crippen molar-refractivity contribution in [3.8, 4) is 0 Å². The third-order valence-corrected chi connectivity index (χ3v) is 7.74. The number of nitrogens with one attached hydrogen (secondary N) is 2. The number of halogens is 1. The maximum Gasteiger partial charge on any atom is 0.408 e. The molecule has 2 N–H and O–H groups in total. The number of para-hydroxylation sites is 1. The summed E-state index contributed by atoms with van der Waals surface area (Å²) in [6, 6.07) is 12.9. The molecule has 2 atom stereocenters. The molecule has 0 bridgehead atoms. The SMILES string of the molecule is CCCCCCCCN(C(=O)C(CCSC)NC(=O)OC(C)(C)C)C(C(=O)Nc1c(C)cccc1Cl)c1ccccc1. The molecule has 2 aromatic carbocycles. The average Bonchev–Trinajstić information content (AvgIpc) is 2.93. The fourth-order valence-corrected chi connectivity index (χ4v) is 5.40. The van der Waals surface area contributed by atoms with E-state index in [1.807, 2.05) is 55.6 Å². The monoisotopic (exact) mass is 617 g/mol. The highest BCUT2D eigenvalue weighted by molar-refractivity contribution is 7.98. The number of nitrogens with zero attached hydrogens (tertiary/aromatic N) is 1. The lowest BCUT2D eigenvalue weighted by atomic mass is 10.0. The Morgan fingerprint density at radius 2 is 1.64 bits per heavy atom. The Kier molecular flexibility index (Phi) is 15.3. The van der Waals surface area contributed by atoms with Crippen LogP contribution in [-0.4, -0.2) is 53.0 Å². The first kappa shape index (κ1) is 35.5. The van der Waals surface area contributed by atoms with Gasteiger partial charge in [-0.15, -0.1) is 0 Å². The van der Waals surface area contributed by atoms with E-state index in [-0.39, 0.29) is 11.8 Å². The van der Waals surface area contributed by atoms with Gasteiger partial charge in [-0.05, 0) is 69.7 Å². The number of benzene rings is 2. The van der Waals surface area contributed by atoms with Crippen LogP contribution < -0.4 is 10.6 Å². The smallest absolute Gasteiger partial charge is 0.408 e. The molecule has 232 valence electrons. The summed E-state index contributed by atoms with van der Waals surface area (Å²) in [7, 11) is 0. The number of ether oxygens (including phenoxy) is 1. The molecular formula is C33H48ClN3O4S. The minimum atomic E-state index is -0.928. The van der Waals surface area contributed by atoms with Gasteiger partial charge in [-0.25, -0.2) is 4.79 Å². The molecule has 0 aliphatic rings. The van der Waals surface area contributed by atoms with E-state index >= 15 is 0 Å². The summed E-state index contributed by atoms with van der Waals surface area (Å²) in [6.07, 6.45) is 7.88. The van der Waals surface area contributed by atoms with Gasteiger partial charge in [0.25, 0.3) is 5.91 Å². The fraction of sp³-hybridized carbons (Fsp3) is 0.545. The van der Waals surface area contributed by atoms with Crippen LogP contribution >= 0.6 is 23.4 Å². The average molecular weight is 618 g/mol. The number of alkyl carbamates (subject to hydrolysis) is 1. The summed E-state index contributed by atoms with van der Waals surface area (Å²) in [4.78, 5) is 42.9. The van der Waals surface area contributed by atoms with Gasteiger partial charge >= 0.3 is 6.09 Å². The number of unbranched alkanes of at least 4 members (excludes halogenated alkanes) is 5. The zero-order valence-corrected chi connectivity index (χ0v) is 27.6. The summed E-state index contributed by atoms with van der Waals surface area (Å²) in [6.45, 7) is 9.76. The lowest BCUT2D eigenvalue weighted by molar-refractivity contribution is -0.141. The van der Waals surface area contributed by atoms with Crippen LogP contribution in [0.2, 0.25) is 5.02 Å². The Bertz CT molecular complexity index is 1120. The van der Waals surface area contributed by atoms with Crippen molar-refractivity contribution in [2.45, 2.75) is 97.2 Å². The quantitative estimate of drug-likeness (QED) is 0.186. The maximum absolute atomic E-state index is 14.4. The Morgan fingerprint density at radius 3 is 2.26 bits per heavy atom. The van der Waals surface area contributed by atoms with E-state index in [0.29, 0.717) is 35.0 Å². The molecule has 0 fully saturated rings. The number of aryl methyl sites for hydroxylation is 1. The van der Waals surface area contributed by atoms with Crippen molar-refractivity contribution in [2.24, 2.45) is 0 Å². The van der Waals surface area contributed by atoms with Gasteiger partial charge in [0, 0.05) is 6.54 Å². The molecule has 0 spiro atoms. The number of rotatable bonds is 16. The first-order chi connectivity index (χ1) is 20.0. The molecule has 0 aromatic heterocycles. The normalized spacial score (nSPS) is 12.7. The Hall–Kier alpha value is -2.71. The number of anilines is 1. The highest BCUT2D eigenvalue weighted by Crippen LogP contribution is 2.30. The molecule has 0 radical (unpaired) electrons.